The third-order valence-electron chi connectivity index (χ3n) is 3.48. The molecule has 8 nitrogen and oxygen atoms in total. The molecule has 3 unspecified atom stereocenters. The quantitative estimate of drug-likeness (QED) is 0.807. The molecule has 0 saturated carbocycles. The summed E-state index contributed by atoms with van der Waals surface area (Å²) < 4.78 is 12.6. The van der Waals surface area contributed by atoms with E-state index in [-0.39, 0.29) is 17.6 Å². The van der Waals surface area contributed by atoms with Crippen LogP contribution >= 0.6 is 11.6 Å². The minimum Gasteiger partial charge on any atom is -0.390 e. The van der Waals surface area contributed by atoms with Gasteiger partial charge in [0.2, 0.25) is 5.28 Å². The maximum absolute atomic E-state index is 10.0. The summed E-state index contributed by atoms with van der Waals surface area (Å²) >= 11 is 5.93. The van der Waals surface area contributed by atoms with E-state index in [0.29, 0.717) is 30.0 Å². The number of aromatic nitrogens is 4. The molecule has 1 saturated heterocycles. The molecule has 114 valence electrons. The Morgan fingerprint density at radius 2 is 2.38 bits per heavy atom. The molecule has 3 heterocycles. The van der Waals surface area contributed by atoms with Gasteiger partial charge in [-0.1, -0.05) is 0 Å². The van der Waals surface area contributed by atoms with E-state index in [1.54, 1.807) is 25.1 Å². The fraction of sp³-hybridized carbons (Fsp3) is 0.583. The molecule has 0 spiro atoms. The van der Waals surface area contributed by atoms with Gasteiger partial charge in [0.1, 0.15) is 12.3 Å². The highest BCUT2D eigenvalue weighted by Gasteiger charge is 2.35. The van der Waals surface area contributed by atoms with Crippen molar-refractivity contribution in [2.75, 3.05) is 26.1 Å². The Morgan fingerprint density at radius 1 is 1.57 bits per heavy atom. The molecule has 1 fully saturated rings. The monoisotopic (exact) mass is 313 g/mol. The molecule has 3 rings (SSSR count). The van der Waals surface area contributed by atoms with Crippen LogP contribution in [0.15, 0.2) is 6.33 Å². The number of aliphatic hydroxyl groups is 1. The molecule has 0 aliphatic carbocycles. The molecule has 2 N–H and O–H groups in total. The number of halogens is 1. The van der Waals surface area contributed by atoms with E-state index in [1.807, 2.05) is 0 Å². The molecule has 2 aromatic rings. The minimum absolute atomic E-state index is 0.126. The number of anilines is 1. The van der Waals surface area contributed by atoms with Crippen LogP contribution in [0.4, 0.5) is 5.82 Å². The van der Waals surface area contributed by atoms with Gasteiger partial charge in [-0.2, -0.15) is 9.97 Å². The van der Waals surface area contributed by atoms with Gasteiger partial charge in [-0.25, -0.2) is 4.98 Å². The van der Waals surface area contributed by atoms with Gasteiger partial charge in [0.15, 0.2) is 17.0 Å². The molecule has 3 atom stereocenters. The van der Waals surface area contributed by atoms with Crippen LogP contribution in [0.25, 0.3) is 11.2 Å². The highest BCUT2D eigenvalue weighted by molar-refractivity contribution is 6.28. The summed E-state index contributed by atoms with van der Waals surface area (Å²) in [6.45, 7) is 0.335. The van der Waals surface area contributed by atoms with E-state index in [0.717, 1.165) is 0 Å². The van der Waals surface area contributed by atoms with Crippen molar-refractivity contribution in [3.63, 3.8) is 0 Å². The maximum Gasteiger partial charge on any atom is 0.226 e. The van der Waals surface area contributed by atoms with E-state index in [9.17, 15) is 5.11 Å². The Kier molecular flexibility index (Phi) is 3.94. The van der Waals surface area contributed by atoms with Crippen LogP contribution in [0, 0.1) is 0 Å². The predicted octanol–water partition coefficient (Wildman–Crippen LogP) is 0.816. The zero-order valence-electron chi connectivity index (χ0n) is 11.7. The highest BCUT2D eigenvalue weighted by atomic mass is 35.5. The molecule has 9 heteroatoms. The van der Waals surface area contributed by atoms with E-state index in [2.05, 4.69) is 20.3 Å². The first-order valence-corrected chi connectivity index (χ1v) is 6.92. The van der Waals surface area contributed by atoms with Gasteiger partial charge < -0.3 is 19.9 Å². The Hall–Kier alpha value is -1.48. The van der Waals surface area contributed by atoms with Crippen LogP contribution in [0.3, 0.4) is 0 Å². The molecule has 0 bridgehead atoms. The second-order valence-corrected chi connectivity index (χ2v) is 5.14. The fourth-order valence-corrected chi connectivity index (χ4v) is 2.64. The van der Waals surface area contributed by atoms with Crippen molar-refractivity contribution in [3.8, 4) is 0 Å². The topological polar surface area (TPSA) is 94.3 Å². The van der Waals surface area contributed by atoms with Gasteiger partial charge in [-0.05, 0) is 11.6 Å². The molecule has 1 aliphatic heterocycles. The van der Waals surface area contributed by atoms with Crippen LogP contribution < -0.4 is 5.32 Å². The third-order valence-corrected chi connectivity index (χ3v) is 3.65. The van der Waals surface area contributed by atoms with Gasteiger partial charge >= 0.3 is 0 Å². The summed E-state index contributed by atoms with van der Waals surface area (Å²) in [4.78, 5) is 12.6. The van der Waals surface area contributed by atoms with Crippen molar-refractivity contribution >= 4 is 28.6 Å². The fourth-order valence-electron chi connectivity index (χ4n) is 2.48. The lowest BCUT2D eigenvalue weighted by Gasteiger charge is -2.14. The second kappa shape index (κ2) is 5.72. The SMILES string of the molecule is CNc1nc(Cl)nc2c1ncn2C1CC(O)C(COC)O1. The van der Waals surface area contributed by atoms with Gasteiger partial charge in [0.05, 0.1) is 19.0 Å². The molecule has 0 amide bonds. The smallest absolute Gasteiger partial charge is 0.226 e. The number of aliphatic hydroxyl groups excluding tert-OH is 1. The number of rotatable bonds is 4. The lowest BCUT2D eigenvalue weighted by molar-refractivity contribution is -0.0523. The average molecular weight is 314 g/mol. The Morgan fingerprint density at radius 3 is 3.10 bits per heavy atom. The summed E-state index contributed by atoms with van der Waals surface area (Å²) in [7, 11) is 3.31. The highest BCUT2D eigenvalue weighted by Crippen LogP contribution is 2.32. The van der Waals surface area contributed by atoms with Gasteiger partial charge in [-0.3, -0.25) is 4.57 Å². The Bertz CT molecular complexity index is 649. The number of nitrogens with zero attached hydrogens (tertiary/aromatic N) is 4. The standard InChI is InChI=1S/C12H16ClN5O3/c1-14-10-9-11(17-12(13)16-10)18(5-15-9)8-3-6(19)7(21-8)4-20-2/h5-8,19H,3-4H2,1-2H3,(H,14,16,17). The molecular formula is C12H16ClN5O3. The van der Waals surface area contributed by atoms with Crippen LogP contribution in [0.2, 0.25) is 5.28 Å². The summed E-state index contributed by atoms with van der Waals surface area (Å²) in [5, 5.41) is 13.1. The van der Waals surface area contributed by atoms with Crippen molar-refractivity contribution in [1.29, 1.82) is 0 Å². The van der Waals surface area contributed by atoms with Crippen LogP contribution in [0.1, 0.15) is 12.6 Å². The Balaban J connectivity index is 1.97. The normalized spacial score (nSPS) is 25.6. The lowest BCUT2D eigenvalue weighted by Crippen LogP contribution is -2.25. The van der Waals surface area contributed by atoms with Crippen LogP contribution in [-0.2, 0) is 9.47 Å². The first-order valence-electron chi connectivity index (χ1n) is 6.54. The summed E-state index contributed by atoms with van der Waals surface area (Å²) in [5.41, 5.74) is 1.17. The van der Waals surface area contributed by atoms with E-state index < -0.39 is 6.10 Å². The first kappa shape index (κ1) is 14.5. The van der Waals surface area contributed by atoms with E-state index >= 15 is 0 Å². The van der Waals surface area contributed by atoms with Crippen LogP contribution in [-0.4, -0.2) is 57.6 Å². The molecule has 0 radical (unpaired) electrons. The van der Waals surface area contributed by atoms with Crippen molar-refractivity contribution < 1.29 is 14.6 Å². The van der Waals surface area contributed by atoms with Gasteiger partial charge in [0.25, 0.3) is 0 Å². The molecular weight excluding hydrogens is 298 g/mol. The van der Waals surface area contributed by atoms with Crippen molar-refractivity contribution in [1.82, 2.24) is 19.5 Å². The number of fused-ring (bicyclic) bond motifs is 1. The molecule has 21 heavy (non-hydrogen) atoms. The molecule has 0 aromatic carbocycles. The van der Waals surface area contributed by atoms with Gasteiger partial charge in [0, 0.05) is 20.6 Å². The van der Waals surface area contributed by atoms with Crippen molar-refractivity contribution in [2.45, 2.75) is 24.9 Å². The lowest BCUT2D eigenvalue weighted by atomic mass is 10.2. The van der Waals surface area contributed by atoms with Crippen LogP contribution in [0.5, 0.6) is 0 Å². The number of imidazole rings is 1. The van der Waals surface area contributed by atoms with Crippen molar-refractivity contribution in [3.05, 3.63) is 11.6 Å². The third kappa shape index (κ3) is 2.55. The number of methoxy groups -OCH3 is 1. The zero-order valence-corrected chi connectivity index (χ0v) is 12.4. The molecule has 2 aromatic heterocycles. The average Bonchev–Trinajstić information content (AvgIpc) is 3.02. The van der Waals surface area contributed by atoms with Gasteiger partial charge in [-0.15, -0.1) is 0 Å². The number of hydrogen-bond acceptors (Lipinski definition) is 7. The van der Waals surface area contributed by atoms with E-state index in [1.165, 1.54) is 0 Å². The molecule has 1 aliphatic rings. The van der Waals surface area contributed by atoms with Crippen molar-refractivity contribution in [2.24, 2.45) is 0 Å². The minimum atomic E-state index is -0.589. The zero-order chi connectivity index (χ0) is 15.0. The number of ether oxygens (including phenoxy) is 2. The largest absolute Gasteiger partial charge is 0.390 e. The number of hydrogen-bond donors (Lipinski definition) is 2. The summed E-state index contributed by atoms with van der Waals surface area (Å²) in [6, 6.07) is 0. The summed E-state index contributed by atoms with van der Waals surface area (Å²) in [6.07, 6.45) is 0.742. The Labute approximate surface area is 126 Å². The second-order valence-electron chi connectivity index (χ2n) is 4.80. The predicted molar refractivity (Wildman–Crippen MR) is 76.3 cm³/mol. The number of nitrogens with one attached hydrogen (secondary N) is 1. The first-order chi connectivity index (χ1) is 10.1. The summed E-state index contributed by atoms with van der Waals surface area (Å²) in [5.74, 6) is 0.552. The van der Waals surface area contributed by atoms with E-state index in [4.69, 9.17) is 21.1 Å². The maximum atomic E-state index is 10.0.